The van der Waals surface area contributed by atoms with Crippen LogP contribution < -0.4 is 10.9 Å². The van der Waals surface area contributed by atoms with Gasteiger partial charge in [0.1, 0.15) is 5.82 Å². The number of nitrogens with one attached hydrogen (secondary N) is 2. The number of carbonyl (C=O) groups excluding carboxylic acids is 1. The molecule has 0 atom stereocenters. The molecule has 5 nitrogen and oxygen atoms in total. The molecule has 0 aliphatic rings. The number of para-hydroxylation sites is 1. The van der Waals surface area contributed by atoms with Gasteiger partial charge in [-0.15, -0.1) is 0 Å². The quantitative estimate of drug-likeness (QED) is 0.759. The van der Waals surface area contributed by atoms with Gasteiger partial charge in [-0.2, -0.15) is 0 Å². The van der Waals surface area contributed by atoms with E-state index in [4.69, 9.17) is 0 Å². The first-order chi connectivity index (χ1) is 12.3. The maximum atomic E-state index is 12.3. The molecule has 0 aliphatic carbocycles. The first-order valence-corrected chi connectivity index (χ1v) is 8.71. The summed E-state index contributed by atoms with van der Waals surface area (Å²) >= 11 is 0. The smallest absolute Gasteiger partial charge is 0.258 e. The summed E-state index contributed by atoms with van der Waals surface area (Å²) in [5, 5.41) is 3.44. The summed E-state index contributed by atoms with van der Waals surface area (Å²) in [6.07, 6.45) is 0.464. The summed E-state index contributed by atoms with van der Waals surface area (Å²) in [5.74, 6) is 0.436. The fraction of sp³-hybridized carbons (Fsp3) is 0.286. The van der Waals surface area contributed by atoms with Gasteiger partial charge in [0.2, 0.25) is 0 Å². The predicted octanol–water partition coefficient (Wildman–Crippen LogP) is 3.19. The zero-order valence-corrected chi connectivity index (χ0v) is 15.3. The SMILES string of the molecule is CC(C)(C)c1ccc(C(=O)NCCc2nc3ccccc3c(=O)[nH]2)cc1. The summed E-state index contributed by atoms with van der Waals surface area (Å²) in [7, 11) is 0. The van der Waals surface area contributed by atoms with Crippen LogP contribution in [0.4, 0.5) is 0 Å². The van der Waals surface area contributed by atoms with Gasteiger partial charge in [-0.3, -0.25) is 9.59 Å². The summed E-state index contributed by atoms with van der Waals surface area (Å²) in [6, 6.07) is 14.9. The van der Waals surface area contributed by atoms with E-state index in [1.165, 1.54) is 5.56 Å². The average Bonchev–Trinajstić information content (AvgIpc) is 2.61. The second kappa shape index (κ2) is 7.12. The molecule has 3 rings (SSSR count). The minimum absolute atomic E-state index is 0.0582. The molecule has 5 heteroatoms. The van der Waals surface area contributed by atoms with Crippen LogP contribution in [0.3, 0.4) is 0 Å². The van der Waals surface area contributed by atoms with E-state index >= 15 is 0 Å². The van der Waals surface area contributed by atoms with Crippen molar-refractivity contribution >= 4 is 16.8 Å². The molecular weight excluding hydrogens is 326 g/mol. The fourth-order valence-electron chi connectivity index (χ4n) is 2.77. The number of fused-ring (bicyclic) bond motifs is 1. The van der Waals surface area contributed by atoms with Crippen LogP contribution in [0.1, 0.15) is 42.5 Å². The third-order valence-corrected chi connectivity index (χ3v) is 4.32. The molecule has 0 saturated carbocycles. The normalized spacial score (nSPS) is 11.5. The monoisotopic (exact) mass is 349 g/mol. The van der Waals surface area contributed by atoms with Gasteiger partial charge >= 0.3 is 0 Å². The minimum atomic E-state index is -0.158. The highest BCUT2D eigenvalue weighted by atomic mass is 16.1. The van der Waals surface area contributed by atoms with Gasteiger partial charge < -0.3 is 10.3 Å². The van der Waals surface area contributed by atoms with Crippen molar-refractivity contribution in [1.29, 1.82) is 0 Å². The highest BCUT2D eigenvalue weighted by molar-refractivity contribution is 5.94. The molecule has 2 N–H and O–H groups in total. The van der Waals surface area contributed by atoms with E-state index in [0.29, 0.717) is 35.3 Å². The van der Waals surface area contributed by atoms with E-state index in [1.54, 1.807) is 6.07 Å². The summed E-state index contributed by atoms with van der Waals surface area (Å²) in [6.45, 7) is 6.82. The van der Waals surface area contributed by atoms with E-state index in [1.807, 2.05) is 42.5 Å². The number of aromatic nitrogens is 2. The number of carbonyl (C=O) groups is 1. The molecule has 0 bridgehead atoms. The maximum absolute atomic E-state index is 12.3. The fourth-order valence-corrected chi connectivity index (χ4v) is 2.77. The van der Waals surface area contributed by atoms with Crippen LogP contribution in [0.2, 0.25) is 0 Å². The Bertz CT molecular complexity index is 983. The van der Waals surface area contributed by atoms with Crippen LogP contribution in [0, 0.1) is 0 Å². The number of hydrogen-bond acceptors (Lipinski definition) is 3. The van der Waals surface area contributed by atoms with Gasteiger partial charge in [0.05, 0.1) is 10.9 Å². The number of nitrogens with zero attached hydrogens (tertiary/aromatic N) is 1. The number of rotatable bonds is 4. The highest BCUT2D eigenvalue weighted by Gasteiger charge is 2.14. The third kappa shape index (κ3) is 3.99. The zero-order chi connectivity index (χ0) is 18.7. The van der Waals surface area contributed by atoms with Gasteiger partial charge in [0.25, 0.3) is 11.5 Å². The molecule has 0 saturated heterocycles. The van der Waals surface area contributed by atoms with Gasteiger partial charge in [0.15, 0.2) is 0 Å². The molecule has 26 heavy (non-hydrogen) atoms. The third-order valence-electron chi connectivity index (χ3n) is 4.32. The van der Waals surface area contributed by atoms with Crippen LogP contribution in [0.15, 0.2) is 53.3 Å². The van der Waals surface area contributed by atoms with Crippen molar-refractivity contribution in [3.8, 4) is 0 Å². The Morgan fingerprint density at radius 2 is 1.77 bits per heavy atom. The molecule has 0 fully saturated rings. The molecule has 134 valence electrons. The lowest BCUT2D eigenvalue weighted by Gasteiger charge is -2.19. The van der Waals surface area contributed by atoms with Gasteiger partial charge in [-0.1, -0.05) is 45.0 Å². The van der Waals surface area contributed by atoms with Crippen LogP contribution in [0.5, 0.6) is 0 Å². The van der Waals surface area contributed by atoms with E-state index in [0.717, 1.165) is 0 Å². The van der Waals surface area contributed by atoms with Gasteiger partial charge in [0, 0.05) is 18.5 Å². The van der Waals surface area contributed by atoms with Crippen LogP contribution in [-0.2, 0) is 11.8 Å². The Morgan fingerprint density at radius 1 is 1.08 bits per heavy atom. The average molecular weight is 349 g/mol. The Balaban J connectivity index is 1.63. The molecule has 0 spiro atoms. The lowest BCUT2D eigenvalue weighted by molar-refractivity contribution is 0.0954. The molecule has 1 heterocycles. The van der Waals surface area contributed by atoms with Gasteiger partial charge in [-0.25, -0.2) is 4.98 Å². The van der Waals surface area contributed by atoms with E-state index in [9.17, 15) is 9.59 Å². The van der Waals surface area contributed by atoms with Crippen molar-refractivity contribution in [1.82, 2.24) is 15.3 Å². The Morgan fingerprint density at radius 3 is 2.46 bits per heavy atom. The summed E-state index contributed by atoms with van der Waals surface area (Å²) in [4.78, 5) is 31.5. The number of benzene rings is 2. The van der Waals surface area contributed by atoms with Crippen LogP contribution >= 0.6 is 0 Å². The highest BCUT2D eigenvalue weighted by Crippen LogP contribution is 2.22. The topological polar surface area (TPSA) is 74.8 Å². The lowest BCUT2D eigenvalue weighted by Crippen LogP contribution is -2.27. The molecule has 1 amide bonds. The van der Waals surface area contributed by atoms with E-state index in [2.05, 4.69) is 36.1 Å². The molecule has 2 aromatic carbocycles. The zero-order valence-electron chi connectivity index (χ0n) is 15.3. The first kappa shape index (κ1) is 17.9. The molecule has 1 aromatic heterocycles. The van der Waals surface area contributed by atoms with Crippen LogP contribution in [-0.4, -0.2) is 22.4 Å². The first-order valence-electron chi connectivity index (χ1n) is 8.71. The molecule has 3 aromatic rings. The Labute approximate surface area is 152 Å². The van der Waals surface area contributed by atoms with Crippen molar-refractivity contribution in [2.75, 3.05) is 6.54 Å². The Hall–Kier alpha value is -2.95. The Kier molecular flexibility index (Phi) is 4.89. The van der Waals surface area contributed by atoms with Crippen molar-refractivity contribution in [2.24, 2.45) is 0 Å². The molecular formula is C21H23N3O2. The van der Waals surface area contributed by atoms with E-state index in [-0.39, 0.29) is 16.9 Å². The van der Waals surface area contributed by atoms with Crippen molar-refractivity contribution < 1.29 is 4.79 Å². The summed E-state index contributed by atoms with van der Waals surface area (Å²) < 4.78 is 0. The van der Waals surface area contributed by atoms with Crippen LogP contribution in [0.25, 0.3) is 10.9 Å². The summed E-state index contributed by atoms with van der Waals surface area (Å²) in [5.41, 5.74) is 2.37. The lowest BCUT2D eigenvalue weighted by atomic mass is 9.87. The second-order valence-corrected chi connectivity index (χ2v) is 7.36. The molecule has 0 unspecified atom stereocenters. The second-order valence-electron chi connectivity index (χ2n) is 7.36. The largest absolute Gasteiger partial charge is 0.352 e. The maximum Gasteiger partial charge on any atom is 0.258 e. The van der Waals surface area contributed by atoms with Gasteiger partial charge in [-0.05, 0) is 35.2 Å². The molecule has 0 aliphatic heterocycles. The molecule has 0 radical (unpaired) electrons. The number of hydrogen-bond donors (Lipinski definition) is 2. The van der Waals surface area contributed by atoms with Crippen molar-refractivity contribution in [3.63, 3.8) is 0 Å². The minimum Gasteiger partial charge on any atom is -0.352 e. The number of aromatic amines is 1. The number of amides is 1. The van der Waals surface area contributed by atoms with Crippen molar-refractivity contribution in [3.05, 3.63) is 75.8 Å². The van der Waals surface area contributed by atoms with E-state index < -0.39 is 0 Å². The van der Waals surface area contributed by atoms with Crippen molar-refractivity contribution in [2.45, 2.75) is 32.6 Å². The predicted molar refractivity (Wildman–Crippen MR) is 104 cm³/mol. The number of H-pyrrole nitrogens is 1. The standard InChI is InChI=1S/C21H23N3O2/c1-21(2,3)15-10-8-14(9-11-15)19(25)22-13-12-18-23-17-7-5-4-6-16(17)20(26)24-18/h4-11H,12-13H2,1-3H3,(H,22,25)(H,23,24,26).